The molecule has 1 aliphatic heterocycles. The number of piperidine rings is 1. The highest BCUT2D eigenvalue weighted by molar-refractivity contribution is 6.31. The number of rotatable bonds is 3. The first-order chi connectivity index (χ1) is 17.6. The molecule has 37 heavy (non-hydrogen) atoms. The van der Waals surface area contributed by atoms with Crippen molar-refractivity contribution in [2.45, 2.75) is 31.5 Å². The lowest BCUT2D eigenvalue weighted by Crippen LogP contribution is -2.37. The lowest BCUT2D eigenvalue weighted by Gasteiger charge is -2.31. The van der Waals surface area contributed by atoms with Gasteiger partial charge in [-0.05, 0) is 60.1 Å². The van der Waals surface area contributed by atoms with E-state index in [1.165, 1.54) is 5.56 Å². The monoisotopic (exact) mass is 532 g/mol. The van der Waals surface area contributed by atoms with Crippen LogP contribution in [-0.2, 0) is 11.3 Å². The van der Waals surface area contributed by atoms with Gasteiger partial charge < -0.3 is 20.2 Å². The molecule has 0 aliphatic carbocycles. The first kappa shape index (κ1) is 27.8. The van der Waals surface area contributed by atoms with Gasteiger partial charge in [-0.2, -0.15) is 13.2 Å². The predicted molar refractivity (Wildman–Crippen MR) is 132 cm³/mol. The summed E-state index contributed by atoms with van der Waals surface area (Å²) in [7, 11) is 0. The molecule has 1 fully saturated rings. The van der Waals surface area contributed by atoms with Gasteiger partial charge in [-0.15, -0.1) is 0 Å². The molecule has 6 nitrogen and oxygen atoms in total. The topological polar surface area (TPSA) is 96.8 Å². The Morgan fingerprint density at radius 3 is 2.35 bits per heavy atom. The molecular formula is C27H24ClF3N2O4. The molecule has 0 spiro atoms. The Bertz CT molecular complexity index is 1300. The fourth-order valence-corrected chi connectivity index (χ4v) is 3.94. The van der Waals surface area contributed by atoms with Gasteiger partial charge in [0.15, 0.2) is 11.5 Å². The zero-order valence-corrected chi connectivity index (χ0v) is 20.4. The number of nitrogens with zero attached hydrogens (tertiary/aromatic N) is 1. The fourth-order valence-electron chi connectivity index (χ4n) is 3.76. The average molecular weight is 533 g/mol. The number of carbonyl (C=O) groups is 2. The summed E-state index contributed by atoms with van der Waals surface area (Å²) >= 11 is 6.12. The van der Waals surface area contributed by atoms with Crippen LogP contribution in [0.15, 0.2) is 65.1 Å². The minimum atomic E-state index is -5.08. The number of nitrogens with two attached hydrogens (primary N) is 1. The quantitative estimate of drug-likeness (QED) is 0.438. The number of hydrogen-bond donors (Lipinski definition) is 2. The van der Waals surface area contributed by atoms with Crippen LogP contribution in [-0.4, -0.2) is 41.1 Å². The molecule has 3 N–H and O–H groups in total. The third kappa shape index (κ3) is 7.87. The molecule has 0 saturated carbocycles. The molecule has 1 aromatic heterocycles. The van der Waals surface area contributed by atoms with Crippen molar-refractivity contribution in [3.63, 3.8) is 0 Å². The molecule has 10 heteroatoms. The van der Waals surface area contributed by atoms with Crippen LogP contribution in [0.5, 0.6) is 0 Å². The number of carbonyl (C=O) groups excluding carboxylic acids is 1. The third-order valence-electron chi connectivity index (χ3n) is 5.69. The van der Waals surface area contributed by atoms with Gasteiger partial charge in [0.25, 0.3) is 5.91 Å². The molecule has 0 radical (unpaired) electrons. The van der Waals surface area contributed by atoms with Crippen LogP contribution in [0.3, 0.4) is 0 Å². The van der Waals surface area contributed by atoms with Crippen molar-refractivity contribution >= 4 is 23.5 Å². The maximum absolute atomic E-state index is 12.8. The number of benzene rings is 2. The molecule has 2 aromatic carbocycles. The zero-order chi connectivity index (χ0) is 27.0. The van der Waals surface area contributed by atoms with Gasteiger partial charge in [0.1, 0.15) is 0 Å². The van der Waals surface area contributed by atoms with Crippen LogP contribution < -0.4 is 5.73 Å². The number of likely N-dealkylation sites (tertiary alicyclic amines) is 1. The molecule has 4 rings (SSSR count). The molecule has 0 bridgehead atoms. The van der Waals surface area contributed by atoms with Crippen molar-refractivity contribution in [2.75, 3.05) is 13.1 Å². The summed E-state index contributed by atoms with van der Waals surface area (Å²) < 4.78 is 37.4. The Labute approximate surface area is 216 Å². The van der Waals surface area contributed by atoms with E-state index >= 15 is 0 Å². The Hall–Kier alpha value is -3.74. The smallest absolute Gasteiger partial charge is 0.475 e. The summed E-state index contributed by atoms with van der Waals surface area (Å²) in [5.74, 6) is 4.30. The van der Waals surface area contributed by atoms with Crippen molar-refractivity contribution in [3.8, 4) is 11.8 Å². The molecule has 1 amide bonds. The van der Waals surface area contributed by atoms with Gasteiger partial charge >= 0.3 is 12.1 Å². The molecule has 194 valence electrons. The van der Waals surface area contributed by atoms with Crippen molar-refractivity contribution in [2.24, 2.45) is 5.73 Å². The molecule has 1 saturated heterocycles. The molecule has 0 atom stereocenters. The summed E-state index contributed by atoms with van der Waals surface area (Å²) in [6.07, 6.45) is -3.22. The van der Waals surface area contributed by atoms with Gasteiger partial charge in [0.05, 0.1) is 5.02 Å². The van der Waals surface area contributed by atoms with Crippen molar-refractivity contribution in [3.05, 3.63) is 93.9 Å². The van der Waals surface area contributed by atoms with E-state index in [1.807, 2.05) is 29.2 Å². The van der Waals surface area contributed by atoms with E-state index in [0.29, 0.717) is 42.1 Å². The van der Waals surface area contributed by atoms with Crippen molar-refractivity contribution in [1.29, 1.82) is 0 Å². The number of carboxylic acid groups (broad SMARTS) is 1. The molecule has 2 heterocycles. The molecule has 3 aromatic rings. The van der Waals surface area contributed by atoms with Gasteiger partial charge in [-0.25, -0.2) is 4.79 Å². The summed E-state index contributed by atoms with van der Waals surface area (Å²) in [4.78, 5) is 23.6. The van der Waals surface area contributed by atoms with E-state index in [9.17, 15) is 18.0 Å². The number of alkyl halides is 3. The van der Waals surface area contributed by atoms with E-state index in [0.717, 1.165) is 24.0 Å². The van der Waals surface area contributed by atoms with Gasteiger partial charge in [-0.1, -0.05) is 53.9 Å². The SMILES string of the molecule is NCc1cccc(C2CCN(C(=O)c3ccc(C#Cc4ccccc4Cl)o3)CC2)c1.O=C(O)C(F)(F)F. The van der Waals surface area contributed by atoms with Crippen molar-refractivity contribution in [1.82, 2.24) is 4.90 Å². The van der Waals surface area contributed by atoms with E-state index in [4.69, 9.17) is 31.7 Å². The highest BCUT2D eigenvalue weighted by Crippen LogP contribution is 2.29. The Morgan fingerprint density at radius 1 is 1.05 bits per heavy atom. The Morgan fingerprint density at radius 2 is 1.73 bits per heavy atom. The van der Waals surface area contributed by atoms with E-state index in [-0.39, 0.29) is 5.91 Å². The third-order valence-corrected chi connectivity index (χ3v) is 6.02. The summed E-state index contributed by atoms with van der Waals surface area (Å²) in [6.45, 7) is 1.96. The maximum Gasteiger partial charge on any atom is 0.490 e. The zero-order valence-electron chi connectivity index (χ0n) is 19.6. The van der Waals surface area contributed by atoms with Crippen LogP contribution in [0.4, 0.5) is 13.2 Å². The van der Waals surface area contributed by atoms with Crippen LogP contribution in [0.1, 0.15) is 51.8 Å². The average Bonchev–Trinajstić information content (AvgIpc) is 3.37. The van der Waals surface area contributed by atoms with Gasteiger partial charge in [0, 0.05) is 25.2 Å². The van der Waals surface area contributed by atoms with Gasteiger partial charge in [-0.3, -0.25) is 4.79 Å². The number of carboxylic acids is 1. The first-order valence-corrected chi connectivity index (χ1v) is 11.7. The number of hydrogen-bond acceptors (Lipinski definition) is 4. The number of halogens is 4. The van der Waals surface area contributed by atoms with E-state index < -0.39 is 12.1 Å². The lowest BCUT2D eigenvalue weighted by molar-refractivity contribution is -0.192. The van der Waals surface area contributed by atoms with E-state index in [1.54, 1.807) is 18.2 Å². The van der Waals surface area contributed by atoms with Crippen LogP contribution in [0, 0.1) is 11.8 Å². The molecular weight excluding hydrogens is 509 g/mol. The predicted octanol–water partition coefficient (Wildman–Crippen LogP) is 5.44. The fraction of sp³-hybridized carbons (Fsp3) is 0.259. The van der Waals surface area contributed by atoms with Crippen LogP contribution >= 0.6 is 11.6 Å². The summed E-state index contributed by atoms with van der Waals surface area (Å²) in [5, 5.41) is 7.72. The Balaban J connectivity index is 0.000000479. The second-order valence-corrected chi connectivity index (χ2v) is 8.62. The number of amides is 1. The largest absolute Gasteiger partial charge is 0.490 e. The first-order valence-electron chi connectivity index (χ1n) is 11.3. The Kier molecular flexibility index (Phi) is 9.39. The highest BCUT2D eigenvalue weighted by atomic mass is 35.5. The second-order valence-electron chi connectivity index (χ2n) is 8.21. The van der Waals surface area contributed by atoms with Crippen molar-refractivity contribution < 1.29 is 32.3 Å². The molecule has 1 aliphatic rings. The second kappa shape index (κ2) is 12.5. The standard InChI is InChI=1S/C25H23ClN2O2.C2HF3O2/c26-23-7-2-1-5-20(23)8-9-22-10-11-24(30-22)25(29)28-14-12-19(13-15-28)21-6-3-4-18(16-21)17-27;3-2(4,5)1(6)7/h1-7,10-11,16,19H,12-15,17,27H2;(H,6,7). The summed E-state index contributed by atoms with van der Waals surface area (Å²) in [5.41, 5.74) is 8.94. The maximum atomic E-state index is 12.8. The lowest BCUT2D eigenvalue weighted by atomic mass is 9.88. The van der Waals surface area contributed by atoms with Gasteiger partial charge in [0.2, 0.25) is 0 Å². The minimum absolute atomic E-state index is 0.0880. The molecule has 0 unspecified atom stereocenters. The summed E-state index contributed by atoms with van der Waals surface area (Å²) in [6, 6.07) is 19.2. The van der Waals surface area contributed by atoms with Crippen LogP contribution in [0.25, 0.3) is 0 Å². The minimum Gasteiger partial charge on any atom is -0.475 e. The highest BCUT2D eigenvalue weighted by Gasteiger charge is 2.38. The normalized spacial score (nSPS) is 13.7. The number of aliphatic carboxylic acids is 1. The number of furan rings is 1. The van der Waals surface area contributed by atoms with Crippen LogP contribution in [0.2, 0.25) is 5.02 Å². The van der Waals surface area contributed by atoms with E-state index in [2.05, 4.69) is 30.0 Å².